The second-order valence-electron chi connectivity index (χ2n) is 4.96. The van der Waals surface area contributed by atoms with E-state index in [1.807, 2.05) is 24.3 Å². The first kappa shape index (κ1) is 16.2. The van der Waals surface area contributed by atoms with Gasteiger partial charge in [-0.05, 0) is 42.3 Å². The number of rotatable bonds is 5. The summed E-state index contributed by atoms with van der Waals surface area (Å²) >= 11 is 5.90. The van der Waals surface area contributed by atoms with Crippen LogP contribution in [-0.2, 0) is 6.42 Å². The Morgan fingerprint density at radius 1 is 1.23 bits per heavy atom. The summed E-state index contributed by atoms with van der Waals surface area (Å²) in [5.41, 5.74) is 1.84. The van der Waals surface area contributed by atoms with Gasteiger partial charge in [-0.1, -0.05) is 29.8 Å². The maximum atomic E-state index is 12.1. The van der Waals surface area contributed by atoms with Gasteiger partial charge in [0.25, 0.3) is 0 Å². The zero-order chi connectivity index (χ0) is 15.9. The number of carbonyl (C=O) groups excluding carboxylic acids is 1. The number of urea groups is 1. The molecule has 1 N–H and O–H groups in total. The van der Waals surface area contributed by atoms with Crippen LogP contribution in [0.25, 0.3) is 0 Å². The molecule has 0 spiro atoms. The van der Waals surface area contributed by atoms with Gasteiger partial charge in [-0.2, -0.15) is 0 Å². The molecular formula is C17H19ClN2O2. The molecule has 116 valence electrons. The van der Waals surface area contributed by atoms with Crippen molar-refractivity contribution in [1.29, 1.82) is 0 Å². The highest BCUT2D eigenvalue weighted by Gasteiger charge is 2.09. The smallest absolute Gasteiger partial charge is 0.321 e. The van der Waals surface area contributed by atoms with Gasteiger partial charge in [0, 0.05) is 24.3 Å². The second-order valence-corrected chi connectivity index (χ2v) is 5.40. The van der Waals surface area contributed by atoms with Crippen LogP contribution in [0.15, 0.2) is 48.5 Å². The lowest BCUT2D eigenvalue weighted by Crippen LogP contribution is -2.32. The van der Waals surface area contributed by atoms with Crippen molar-refractivity contribution < 1.29 is 9.53 Å². The zero-order valence-electron chi connectivity index (χ0n) is 12.7. The molecule has 0 unspecified atom stereocenters. The molecule has 0 saturated heterocycles. The van der Waals surface area contributed by atoms with Crippen LogP contribution in [0.1, 0.15) is 5.56 Å². The highest BCUT2D eigenvalue weighted by molar-refractivity contribution is 6.30. The Morgan fingerprint density at radius 3 is 2.59 bits per heavy atom. The number of ether oxygens (including phenoxy) is 1. The Balaban J connectivity index is 1.85. The fourth-order valence-electron chi connectivity index (χ4n) is 1.98. The van der Waals surface area contributed by atoms with Crippen LogP contribution in [0.2, 0.25) is 5.02 Å². The number of likely N-dealkylation sites (N-methyl/N-ethyl adjacent to an activating group) is 1. The molecule has 0 radical (unpaired) electrons. The summed E-state index contributed by atoms with van der Waals surface area (Å²) in [6.45, 7) is 0.624. The number of carbonyl (C=O) groups is 1. The first-order valence-corrected chi connectivity index (χ1v) is 7.37. The minimum atomic E-state index is -0.157. The van der Waals surface area contributed by atoms with E-state index in [1.165, 1.54) is 0 Å². The fourth-order valence-corrected chi connectivity index (χ4v) is 2.17. The number of nitrogens with zero attached hydrogens (tertiary/aromatic N) is 1. The van der Waals surface area contributed by atoms with Crippen molar-refractivity contribution in [3.05, 3.63) is 59.1 Å². The molecule has 0 atom stereocenters. The van der Waals surface area contributed by atoms with Gasteiger partial charge in [0.15, 0.2) is 0 Å². The number of hydrogen-bond acceptors (Lipinski definition) is 2. The van der Waals surface area contributed by atoms with E-state index >= 15 is 0 Å². The topological polar surface area (TPSA) is 41.6 Å². The number of anilines is 1. The molecule has 5 heteroatoms. The van der Waals surface area contributed by atoms with Crippen LogP contribution in [0.5, 0.6) is 5.75 Å². The fraction of sp³-hybridized carbons (Fsp3) is 0.235. The van der Waals surface area contributed by atoms with Crippen molar-refractivity contribution in [3.8, 4) is 5.75 Å². The molecule has 22 heavy (non-hydrogen) atoms. The molecule has 0 bridgehead atoms. The van der Waals surface area contributed by atoms with Crippen LogP contribution in [0.4, 0.5) is 10.5 Å². The lowest BCUT2D eigenvalue weighted by atomic mass is 10.1. The summed E-state index contributed by atoms with van der Waals surface area (Å²) in [6.07, 6.45) is 0.781. The number of amides is 2. The van der Waals surface area contributed by atoms with Gasteiger partial charge in [0.1, 0.15) is 5.75 Å². The summed E-state index contributed by atoms with van der Waals surface area (Å²) in [6, 6.07) is 14.8. The third-order valence-corrected chi connectivity index (χ3v) is 3.55. The van der Waals surface area contributed by atoms with E-state index in [0.29, 0.717) is 17.3 Å². The average Bonchev–Trinajstić information content (AvgIpc) is 2.53. The standard InChI is InChI=1S/C17H19ClN2O2/c1-20(11-10-13-6-8-16(22-2)9-7-13)17(21)19-15-5-3-4-14(18)12-15/h3-9,12H,10-11H2,1-2H3,(H,19,21). The molecule has 2 aromatic carbocycles. The van der Waals surface area contributed by atoms with Crippen LogP contribution in [0.3, 0.4) is 0 Å². The number of benzene rings is 2. The van der Waals surface area contributed by atoms with Gasteiger partial charge in [0.05, 0.1) is 7.11 Å². The molecule has 0 heterocycles. The monoisotopic (exact) mass is 318 g/mol. The first-order valence-electron chi connectivity index (χ1n) is 6.99. The molecule has 0 aliphatic carbocycles. The van der Waals surface area contributed by atoms with Crippen LogP contribution >= 0.6 is 11.6 Å². The molecule has 2 rings (SSSR count). The van der Waals surface area contributed by atoms with E-state index in [0.717, 1.165) is 17.7 Å². The van der Waals surface area contributed by atoms with Crippen LogP contribution in [-0.4, -0.2) is 31.6 Å². The average molecular weight is 319 g/mol. The molecule has 0 aliphatic rings. The molecule has 2 amide bonds. The Kier molecular flexibility index (Phi) is 5.67. The number of halogens is 1. The van der Waals surface area contributed by atoms with Crippen molar-refractivity contribution in [3.63, 3.8) is 0 Å². The summed E-state index contributed by atoms with van der Waals surface area (Å²) in [4.78, 5) is 13.7. The van der Waals surface area contributed by atoms with E-state index in [-0.39, 0.29) is 6.03 Å². The van der Waals surface area contributed by atoms with Crippen molar-refractivity contribution in [2.75, 3.05) is 26.0 Å². The van der Waals surface area contributed by atoms with Crippen molar-refractivity contribution in [1.82, 2.24) is 4.90 Å². The SMILES string of the molecule is COc1ccc(CCN(C)C(=O)Nc2cccc(Cl)c2)cc1. The quantitative estimate of drug-likeness (QED) is 0.903. The minimum Gasteiger partial charge on any atom is -0.497 e. The van der Waals surface area contributed by atoms with Crippen molar-refractivity contribution >= 4 is 23.3 Å². The Labute approximate surface area is 135 Å². The minimum absolute atomic E-state index is 0.157. The number of methoxy groups -OCH3 is 1. The molecule has 0 aromatic heterocycles. The molecule has 4 nitrogen and oxygen atoms in total. The van der Waals surface area contributed by atoms with E-state index < -0.39 is 0 Å². The maximum Gasteiger partial charge on any atom is 0.321 e. The predicted molar refractivity (Wildman–Crippen MR) is 89.8 cm³/mol. The summed E-state index contributed by atoms with van der Waals surface area (Å²) < 4.78 is 5.12. The van der Waals surface area contributed by atoms with Gasteiger partial charge in [-0.15, -0.1) is 0 Å². The molecule has 0 aliphatic heterocycles. The third kappa shape index (κ3) is 4.67. The Morgan fingerprint density at radius 2 is 1.95 bits per heavy atom. The highest BCUT2D eigenvalue weighted by atomic mass is 35.5. The summed E-state index contributed by atoms with van der Waals surface area (Å²) in [7, 11) is 3.41. The van der Waals surface area contributed by atoms with E-state index in [9.17, 15) is 4.79 Å². The maximum absolute atomic E-state index is 12.1. The van der Waals surface area contributed by atoms with E-state index in [2.05, 4.69) is 5.32 Å². The van der Waals surface area contributed by atoms with Crippen molar-refractivity contribution in [2.24, 2.45) is 0 Å². The van der Waals surface area contributed by atoms with Gasteiger partial charge in [0.2, 0.25) is 0 Å². The summed E-state index contributed by atoms with van der Waals surface area (Å²) in [5.74, 6) is 0.829. The molecule has 0 fully saturated rings. The predicted octanol–water partition coefficient (Wildman–Crippen LogP) is 4.06. The number of hydrogen-bond donors (Lipinski definition) is 1. The number of nitrogens with one attached hydrogen (secondary N) is 1. The zero-order valence-corrected chi connectivity index (χ0v) is 13.4. The first-order chi connectivity index (χ1) is 10.6. The highest BCUT2D eigenvalue weighted by Crippen LogP contribution is 2.15. The van der Waals surface area contributed by atoms with Gasteiger partial charge in [-0.25, -0.2) is 4.79 Å². The van der Waals surface area contributed by atoms with Gasteiger partial charge in [-0.3, -0.25) is 0 Å². The largest absolute Gasteiger partial charge is 0.497 e. The lowest BCUT2D eigenvalue weighted by Gasteiger charge is -2.18. The van der Waals surface area contributed by atoms with Crippen LogP contribution < -0.4 is 10.1 Å². The lowest BCUT2D eigenvalue weighted by molar-refractivity contribution is 0.223. The summed E-state index contributed by atoms with van der Waals surface area (Å²) in [5, 5.41) is 3.42. The Bertz CT molecular complexity index is 629. The Hall–Kier alpha value is -2.20. The molecular weight excluding hydrogens is 300 g/mol. The third-order valence-electron chi connectivity index (χ3n) is 3.32. The second kappa shape index (κ2) is 7.71. The van der Waals surface area contributed by atoms with E-state index in [1.54, 1.807) is 43.3 Å². The molecule has 0 saturated carbocycles. The van der Waals surface area contributed by atoms with E-state index in [4.69, 9.17) is 16.3 Å². The molecule has 2 aromatic rings. The van der Waals surface area contributed by atoms with Crippen molar-refractivity contribution in [2.45, 2.75) is 6.42 Å². The van der Waals surface area contributed by atoms with Crippen LogP contribution in [0, 0.1) is 0 Å². The van der Waals surface area contributed by atoms with Gasteiger partial charge >= 0.3 is 6.03 Å². The normalized spacial score (nSPS) is 10.1. The van der Waals surface area contributed by atoms with Gasteiger partial charge < -0.3 is 15.0 Å².